The Hall–Kier alpha value is -3.16. The first kappa shape index (κ1) is 17.3. The lowest BCUT2D eigenvalue weighted by molar-refractivity contribution is 0.304. The number of hydrogen-bond acceptors (Lipinski definition) is 6. The van der Waals surface area contributed by atoms with Gasteiger partial charge in [-0.1, -0.05) is 0 Å². The van der Waals surface area contributed by atoms with E-state index < -0.39 is 5.82 Å². The quantitative estimate of drug-likeness (QED) is 0.764. The molecule has 0 atom stereocenters. The van der Waals surface area contributed by atoms with Crippen molar-refractivity contribution < 1.29 is 4.39 Å². The minimum atomic E-state index is -0.456. The zero-order chi connectivity index (χ0) is 18.6. The highest BCUT2D eigenvalue weighted by molar-refractivity contribution is 5.57. The normalized spacial score (nSPS) is 19.6. The molecule has 0 unspecified atom stereocenters. The molecule has 7 nitrogen and oxygen atoms in total. The molecule has 0 aliphatic heterocycles. The largest absolute Gasteiger partial charge is 0.365 e. The van der Waals surface area contributed by atoms with Gasteiger partial charge in [-0.3, -0.25) is 9.78 Å². The van der Waals surface area contributed by atoms with Gasteiger partial charge in [0.05, 0.1) is 17.9 Å². The van der Waals surface area contributed by atoms with Gasteiger partial charge >= 0.3 is 0 Å². The molecule has 0 spiro atoms. The molecule has 0 radical (unpaired) electrons. The summed E-state index contributed by atoms with van der Waals surface area (Å²) in [5.41, 5.74) is 1.57. The van der Waals surface area contributed by atoms with Crippen LogP contribution in [0.2, 0.25) is 0 Å². The van der Waals surface area contributed by atoms with Crippen LogP contribution in [0.25, 0.3) is 11.3 Å². The van der Waals surface area contributed by atoms with Crippen LogP contribution in [0, 0.1) is 5.82 Å². The number of pyridine rings is 1. The Kier molecular flexibility index (Phi) is 4.86. The summed E-state index contributed by atoms with van der Waals surface area (Å²) >= 11 is 0. The van der Waals surface area contributed by atoms with Crippen LogP contribution in [0.1, 0.15) is 31.7 Å². The van der Waals surface area contributed by atoms with Crippen molar-refractivity contribution in [2.45, 2.75) is 37.8 Å². The molecule has 3 aromatic heterocycles. The zero-order valence-corrected chi connectivity index (χ0v) is 14.6. The Morgan fingerprint density at radius 2 is 1.81 bits per heavy atom. The Labute approximate surface area is 155 Å². The van der Waals surface area contributed by atoms with E-state index in [9.17, 15) is 9.18 Å². The van der Waals surface area contributed by atoms with Crippen LogP contribution in [0.3, 0.4) is 0 Å². The van der Waals surface area contributed by atoms with Crippen LogP contribution < -0.4 is 10.9 Å². The molecular formula is C19H19FN6O. The Balaban J connectivity index is 1.47. The second-order valence-electron chi connectivity index (χ2n) is 6.61. The highest BCUT2D eigenvalue weighted by Crippen LogP contribution is 2.29. The molecule has 1 N–H and O–H groups in total. The van der Waals surface area contributed by atoms with Gasteiger partial charge in [0.1, 0.15) is 6.33 Å². The van der Waals surface area contributed by atoms with E-state index in [1.54, 1.807) is 29.2 Å². The Morgan fingerprint density at radius 3 is 2.56 bits per heavy atom. The standard InChI is InChI=1S/C19H19FN6O/c20-16-11-22-12-23-19(16)24-14-1-3-15(4-2-14)26-18(27)6-5-17(25-26)13-7-9-21-10-8-13/h5-12,14-15H,1-4H2,(H,22,23,24). The lowest BCUT2D eigenvalue weighted by Gasteiger charge is -2.30. The van der Waals surface area contributed by atoms with Crippen molar-refractivity contribution in [1.29, 1.82) is 0 Å². The predicted octanol–water partition coefficient (Wildman–Crippen LogP) is 2.83. The number of hydrogen-bond donors (Lipinski definition) is 1. The highest BCUT2D eigenvalue weighted by atomic mass is 19.1. The van der Waals surface area contributed by atoms with E-state index in [1.807, 2.05) is 12.1 Å². The molecule has 1 fully saturated rings. The maximum Gasteiger partial charge on any atom is 0.267 e. The van der Waals surface area contributed by atoms with E-state index in [1.165, 1.54) is 6.33 Å². The number of aromatic nitrogens is 5. The summed E-state index contributed by atoms with van der Waals surface area (Å²) in [7, 11) is 0. The van der Waals surface area contributed by atoms with Gasteiger partial charge < -0.3 is 5.32 Å². The minimum absolute atomic E-state index is 0.0348. The van der Waals surface area contributed by atoms with Gasteiger partial charge in [0, 0.05) is 30.1 Å². The fourth-order valence-electron chi connectivity index (χ4n) is 3.44. The van der Waals surface area contributed by atoms with Crippen LogP contribution >= 0.6 is 0 Å². The first-order chi connectivity index (χ1) is 13.2. The van der Waals surface area contributed by atoms with E-state index in [2.05, 4.69) is 25.4 Å². The predicted molar refractivity (Wildman–Crippen MR) is 98.6 cm³/mol. The van der Waals surface area contributed by atoms with Crippen molar-refractivity contribution >= 4 is 5.82 Å². The number of rotatable bonds is 4. The van der Waals surface area contributed by atoms with Gasteiger partial charge in [-0.2, -0.15) is 5.10 Å². The summed E-state index contributed by atoms with van der Waals surface area (Å²) < 4.78 is 15.3. The van der Waals surface area contributed by atoms with Crippen molar-refractivity contribution in [2.24, 2.45) is 0 Å². The molecule has 0 amide bonds. The van der Waals surface area contributed by atoms with E-state index in [0.717, 1.165) is 43.1 Å². The molecule has 0 bridgehead atoms. The smallest absolute Gasteiger partial charge is 0.267 e. The molecule has 1 saturated carbocycles. The third kappa shape index (κ3) is 3.84. The average molecular weight is 366 g/mol. The van der Waals surface area contributed by atoms with Crippen LogP contribution in [-0.4, -0.2) is 30.8 Å². The van der Waals surface area contributed by atoms with Crippen molar-refractivity contribution in [1.82, 2.24) is 24.7 Å². The number of anilines is 1. The second-order valence-corrected chi connectivity index (χ2v) is 6.61. The number of halogens is 1. The zero-order valence-electron chi connectivity index (χ0n) is 14.6. The van der Waals surface area contributed by atoms with Crippen LogP contribution in [0.15, 0.2) is 54.0 Å². The summed E-state index contributed by atoms with van der Waals surface area (Å²) in [5.74, 6) is -0.231. The molecule has 0 saturated heterocycles. The molecule has 3 aromatic rings. The van der Waals surface area contributed by atoms with Gasteiger partial charge in [0.2, 0.25) is 0 Å². The van der Waals surface area contributed by atoms with Crippen molar-refractivity contribution in [3.8, 4) is 11.3 Å². The van der Waals surface area contributed by atoms with E-state index >= 15 is 0 Å². The summed E-state index contributed by atoms with van der Waals surface area (Å²) in [6.07, 6.45) is 9.07. The van der Waals surface area contributed by atoms with Crippen LogP contribution in [0.5, 0.6) is 0 Å². The first-order valence-corrected chi connectivity index (χ1v) is 8.93. The topological polar surface area (TPSA) is 85.6 Å². The molecule has 4 rings (SSSR count). The SMILES string of the molecule is O=c1ccc(-c2ccncc2)nn1C1CCC(Nc2ncncc2F)CC1. The minimum Gasteiger partial charge on any atom is -0.365 e. The molecular weight excluding hydrogens is 347 g/mol. The van der Waals surface area contributed by atoms with Crippen molar-refractivity contribution in [2.75, 3.05) is 5.32 Å². The summed E-state index contributed by atoms with van der Waals surface area (Å²) in [4.78, 5) is 23.9. The van der Waals surface area contributed by atoms with Gasteiger partial charge in [-0.25, -0.2) is 19.0 Å². The summed E-state index contributed by atoms with van der Waals surface area (Å²) in [5, 5.41) is 7.70. The van der Waals surface area contributed by atoms with E-state index in [-0.39, 0.29) is 23.5 Å². The van der Waals surface area contributed by atoms with Crippen molar-refractivity contribution in [3.63, 3.8) is 0 Å². The molecule has 0 aromatic carbocycles. The van der Waals surface area contributed by atoms with Gasteiger partial charge in [-0.15, -0.1) is 0 Å². The van der Waals surface area contributed by atoms with E-state index in [4.69, 9.17) is 0 Å². The monoisotopic (exact) mass is 366 g/mol. The van der Waals surface area contributed by atoms with Crippen LogP contribution in [-0.2, 0) is 0 Å². The molecule has 3 heterocycles. The fraction of sp³-hybridized carbons (Fsp3) is 0.316. The number of nitrogens with one attached hydrogen (secondary N) is 1. The molecule has 1 aliphatic rings. The molecule has 27 heavy (non-hydrogen) atoms. The van der Waals surface area contributed by atoms with Crippen LogP contribution in [0.4, 0.5) is 10.2 Å². The maximum atomic E-state index is 13.7. The lowest BCUT2D eigenvalue weighted by atomic mass is 9.91. The third-order valence-corrected chi connectivity index (χ3v) is 4.85. The summed E-state index contributed by atoms with van der Waals surface area (Å²) in [6.45, 7) is 0. The van der Waals surface area contributed by atoms with Gasteiger partial charge in [0.25, 0.3) is 5.56 Å². The van der Waals surface area contributed by atoms with Gasteiger partial charge in [0.15, 0.2) is 11.6 Å². The lowest BCUT2D eigenvalue weighted by Crippen LogP contribution is -2.33. The van der Waals surface area contributed by atoms with Gasteiger partial charge in [-0.05, 0) is 43.9 Å². The summed E-state index contributed by atoms with van der Waals surface area (Å²) in [6, 6.07) is 7.18. The second kappa shape index (κ2) is 7.61. The Morgan fingerprint density at radius 1 is 1.04 bits per heavy atom. The maximum absolute atomic E-state index is 13.7. The molecule has 1 aliphatic carbocycles. The van der Waals surface area contributed by atoms with E-state index in [0.29, 0.717) is 0 Å². The van der Waals surface area contributed by atoms with Crippen molar-refractivity contribution in [3.05, 3.63) is 65.4 Å². The molecule has 138 valence electrons. The first-order valence-electron chi connectivity index (χ1n) is 8.93. The third-order valence-electron chi connectivity index (χ3n) is 4.85. The molecule has 8 heteroatoms. The highest BCUT2D eigenvalue weighted by Gasteiger charge is 2.24. The number of nitrogens with zero attached hydrogens (tertiary/aromatic N) is 5. The Bertz CT molecular complexity index is 969. The fourth-order valence-corrected chi connectivity index (χ4v) is 3.44. The average Bonchev–Trinajstić information content (AvgIpc) is 2.71.